The summed E-state index contributed by atoms with van der Waals surface area (Å²) in [5.74, 6) is 1.17. The van der Waals surface area contributed by atoms with Gasteiger partial charge in [0.25, 0.3) is 5.91 Å². The molecule has 0 aliphatic carbocycles. The van der Waals surface area contributed by atoms with Crippen LogP contribution in [0, 0.1) is 6.92 Å². The fraction of sp³-hybridized carbons (Fsp3) is 0.238. The molecule has 0 radical (unpaired) electrons. The van der Waals surface area contributed by atoms with Crippen LogP contribution in [0.5, 0.6) is 5.75 Å². The number of benzene rings is 2. The van der Waals surface area contributed by atoms with Gasteiger partial charge in [-0.15, -0.1) is 10.2 Å². The van der Waals surface area contributed by atoms with Crippen LogP contribution >= 0.6 is 11.8 Å². The number of amides is 2. The number of nitrogens with one attached hydrogen (secondary N) is 2. The lowest BCUT2D eigenvalue weighted by Gasteiger charge is -2.23. The van der Waals surface area contributed by atoms with Crippen LogP contribution in [-0.2, 0) is 16.1 Å². The van der Waals surface area contributed by atoms with Gasteiger partial charge < -0.3 is 19.9 Å². The second-order valence-corrected chi connectivity index (χ2v) is 7.84. The van der Waals surface area contributed by atoms with E-state index in [4.69, 9.17) is 4.74 Å². The fourth-order valence-corrected chi connectivity index (χ4v) is 3.81. The monoisotopic (exact) mass is 423 g/mol. The van der Waals surface area contributed by atoms with Gasteiger partial charge in [-0.1, -0.05) is 42.1 Å². The van der Waals surface area contributed by atoms with Crippen molar-refractivity contribution in [2.24, 2.45) is 0 Å². The van der Waals surface area contributed by atoms with E-state index in [0.717, 1.165) is 11.4 Å². The Morgan fingerprint density at radius 2 is 2.03 bits per heavy atom. The molecule has 2 heterocycles. The topological polar surface area (TPSA) is 98.1 Å². The maximum atomic E-state index is 12.4. The lowest BCUT2D eigenvalue weighted by molar-refractivity contribution is -0.122. The predicted molar refractivity (Wildman–Crippen MR) is 115 cm³/mol. The molecule has 1 aliphatic rings. The Labute approximate surface area is 178 Å². The summed E-state index contributed by atoms with van der Waals surface area (Å²) in [6.07, 6.45) is -0.536. The number of ether oxygens (including phenoxy) is 1. The number of carbonyl (C=O) groups is 2. The zero-order valence-corrected chi connectivity index (χ0v) is 17.4. The number of anilines is 2. The summed E-state index contributed by atoms with van der Waals surface area (Å²) in [6, 6.07) is 15.2. The van der Waals surface area contributed by atoms with Gasteiger partial charge in [-0.25, -0.2) is 0 Å². The average Bonchev–Trinajstić information content (AvgIpc) is 3.08. The van der Waals surface area contributed by atoms with E-state index < -0.39 is 6.10 Å². The molecular formula is C21H21N5O3S. The van der Waals surface area contributed by atoms with E-state index in [1.165, 1.54) is 11.8 Å². The Morgan fingerprint density at radius 3 is 2.83 bits per heavy atom. The Kier molecular flexibility index (Phi) is 5.71. The van der Waals surface area contributed by atoms with Crippen LogP contribution in [0.25, 0.3) is 0 Å². The summed E-state index contributed by atoms with van der Waals surface area (Å²) in [7, 11) is 0. The lowest BCUT2D eigenvalue weighted by atomic mass is 10.2. The molecular weight excluding hydrogens is 402 g/mol. The van der Waals surface area contributed by atoms with Crippen molar-refractivity contribution in [3.63, 3.8) is 0 Å². The maximum absolute atomic E-state index is 12.4. The highest BCUT2D eigenvalue weighted by atomic mass is 32.2. The highest BCUT2D eigenvalue weighted by Crippen LogP contribution is 2.32. The minimum atomic E-state index is -0.536. The van der Waals surface area contributed by atoms with Gasteiger partial charge in [0, 0.05) is 5.69 Å². The molecule has 2 amide bonds. The zero-order chi connectivity index (χ0) is 21.1. The van der Waals surface area contributed by atoms with Crippen LogP contribution in [0.15, 0.2) is 53.7 Å². The van der Waals surface area contributed by atoms with E-state index in [0.29, 0.717) is 28.8 Å². The molecule has 4 rings (SSSR count). The van der Waals surface area contributed by atoms with Crippen LogP contribution < -0.4 is 15.4 Å². The molecule has 0 spiro atoms. The second-order valence-electron chi connectivity index (χ2n) is 6.90. The van der Waals surface area contributed by atoms with Crippen molar-refractivity contribution >= 4 is 35.0 Å². The lowest BCUT2D eigenvalue weighted by Crippen LogP contribution is -2.34. The van der Waals surface area contributed by atoms with E-state index >= 15 is 0 Å². The Hall–Kier alpha value is -3.33. The van der Waals surface area contributed by atoms with Crippen molar-refractivity contribution in [1.82, 2.24) is 14.8 Å². The molecule has 3 aromatic rings. The largest absolute Gasteiger partial charge is 0.479 e. The zero-order valence-electron chi connectivity index (χ0n) is 16.6. The van der Waals surface area contributed by atoms with Gasteiger partial charge in [-0.3, -0.25) is 9.59 Å². The normalized spacial score (nSPS) is 15.1. The van der Waals surface area contributed by atoms with Gasteiger partial charge in [-0.2, -0.15) is 0 Å². The van der Waals surface area contributed by atoms with Gasteiger partial charge in [-0.05, 0) is 37.6 Å². The van der Waals surface area contributed by atoms with Gasteiger partial charge in [0.2, 0.25) is 5.91 Å². The van der Waals surface area contributed by atoms with Crippen LogP contribution in [-0.4, -0.2) is 38.4 Å². The molecule has 2 aromatic carbocycles. The minimum Gasteiger partial charge on any atom is -0.479 e. The summed E-state index contributed by atoms with van der Waals surface area (Å²) in [6.45, 7) is 4.22. The number of fused-ring (bicyclic) bond motifs is 1. The third kappa shape index (κ3) is 4.46. The Balaban J connectivity index is 1.38. The number of thioether (sulfide) groups is 1. The van der Waals surface area contributed by atoms with Gasteiger partial charge in [0.15, 0.2) is 11.3 Å². The third-order valence-electron chi connectivity index (χ3n) is 4.61. The number of hydrogen-bond acceptors (Lipinski definition) is 6. The molecule has 154 valence electrons. The first kappa shape index (κ1) is 20.0. The van der Waals surface area contributed by atoms with E-state index in [1.54, 1.807) is 25.1 Å². The second kappa shape index (κ2) is 8.58. The van der Waals surface area contributed by atoms with Crippen LogP contribution in [0.1, 0.15) is 18.3 Å². The predicted octanol–water partition coefficient (Wildman–Crippen LogP) is 3.09. The fourth-order valence-electron chi connectivity index (χ4n) is 3.03. The van der Waals surface area contributed by atoms with E-state index in [9.17, 15) is 9.59 Å². The van der Waals surface area contributed by atoms with Crippen LogP contribution in [0.4, 0.5) is 11.4 Å². The first-order chi connectivity index (χ1) is 14.5. The number of nitrogens with zero attached hydrogens (tertiary/aromatic N) is 3. The van der Waals surface area contributed by atoms with E-state index in [1.807, 2.05) is 41.8 Å². The molecule has 30 heavy (non-hydrogen) atoms. The highest BCUT2D eigenvalue weighted by Gasteiger charge is 2.23. The Morgan fingerprint density at radius 1 is 1.23 bits per heavy atom. The molecule has 0 bridgehead atoms. The SMILES string of the molecule is Cc1nnc(SCC(=O)Nc2ccc3c(c2)NC(=O)[C@@H](C)O3)n1Cc1ccccc1. The molecule has 2 N–H and O–H groups in total. The minimum absolute atomic E-state index is 0.178. The standard InChI is InChI=1S/C21H21N5O3S/c1-13-20(28)23-17-10-16(8-9-18(17)29-13)22-19(27)12-30-21-25-24-14(2)26(21)11-15-6-4-3-5-7-15/h3-10,13H,11-12H2,1-2H3,(H,22,27)(H,23,28)/t13-/m1/s1. The van der Waals surface area contributed by atoms with Crippen LogP contribution in [0.3, 0.4) is 0 Å². The molecule has 0 unspecified atom stereocenters. The molecule has 0 saturated heterocycles. The molecule has 8 nitrogen and oxygen atoms in total. The number of aromatic nitrogens is 3. The molecule has 0 saturated carbocycles. The third-order valence-corrected chi connectivity index (χ3v) is 5.58. The van der Waals surface area contributed by atoms with Crippen molar-refractivity contribution in [2.45, 2.75) is 31.7 Å². The first-order valence-electron chi connectivity index (χ1n) is 9.47. The van der Waals surface area contributed by atoms with E-state index in [-0.39, 0.29) is 17.6 Å². The summed E-state index contributed by atoms with van der Waals surface area (Å²) < 4.78 is 7.51. The quantitative estimate of drug-likeness (QED) is 0.592. The van der Waals surface area contributed by atoms with Crippen LogP contribution in [0.2, 0.25) is 0 Å². The molecule has 1 aliphatic heterocycles. The summed E-state index contributed by atoms with van der Waals surface area (Å²) in [5.41, 5.74) is 2.26. The van der Waals surface area contributed by atoms with Crippen molar-refractivity contribution in [2.75, 3.05) is 16.4 Å². The number of carbonyl (C=O) groups excluding carboxylic acids is 2. The smallest absolute Gasteiger partial charge is 0.265 e. The first-order valence-corrected chi connectivity index (χ1v) is 10.5. The van der Waals surface area contributed by atoms with Crippen molar-refractivity contribution in [3.05, 3.63) is 59.9 Å². The molecule has 1 atom stereocenters. The molecule has 9 heteroatoms. The summed E-state index contributed by atoms with van der Waals surface area (Å²) >= 11 is 1.33. The number of hydrogen-bond donors (Lipinski definition) is 2. The number of aryl methyl sites for hydroxylation is 1. The molecule has 1 aromatic heterocycles. The van der Waals surface area contributed by atoms with Gasteiger partial charge in [0.05, 0.1) is 18.0 Å². The average molecular weight is 423 g/mol. The van der Waals surface area contributed by atoms with Gasteiger partial charge in [0.1, 0.15) is 11.6 Å². The van der Waals surface area contributed by atoms with Crippen molar-refractivity contribution in [3.8, 4) is 5.75 Å². The van der Waals surface area contributed by atoms with E-state index in [2.05, 4.69) is 20.8 Å². The maximum Gasteiger partial charge on any atom is 0.265 e. The molecule has 0 fully saturated rings. The summed E-state index contributed by atoms with van der Waals surface area (Å²) in [4.78, 5) is 24.2. The van der Waals surface area contributed by atoms with Crippen molar-refractivity contribution in [1.29, 1.82) is 0 Å². The summed E-state index contributed by atoms with van der Waals surface area (Å²) in [5, 5.41) is 14.6. The number of rotatable bonds is 6. The van der Waals surface area contributed by atoms with Crippen molar-refractivity contribution < 1.29 is 14.3 Å². The van der Waals surface area contributed by atoms with Gasteiger partial charge >= 0.3 is 0 Å². The Bertz CT molecular complexity index is 1080. The highest BCUT2D eigenvalue weighted by molar-refractivity contribution is 7.99.